The van der Waals surface area contributed by atoms with E-state index >= 15 is 0 Å². The summed E-state index contributed by atoms with van der Waals surface area (Å²) in [6.45, 7) is -1.52. The van der Waals surface area contributed by atoms with Crippen molar-refractivity contribution < 1.29 is 28.0 Å². The van der Waals surface area contributed by atoms with E-state index in [0.29, 0.717) is 0 Å². The highest BCUT2D eigenvalue weighted by molar-refractivity contribution is 6.59. The molecule has 8 heteroatoms. The largest absolute Gasteiger partial charge is 0.494 e. The first-order chi connectivity index (χ1) is 6.90. The standard InChI is InChI=1S/C7H7BF3NO3/c9-7(10,11)4-15-6-5(8(13)14)2-1-3-12-6/h1-3,13-14H,4H2. The molecule has 0 aliphatic rings. The zero-order valence-electron chi connectivity index (χ0n) is 7.40. The van der Waals surface area contributed by atoms with E-state index in [9.17, 15) is 13.2 Å². The molecule has 0 unspecified atom stereocenters. The van der Waals surface area contributed by atoms with E-state index < -0.39 is 25.8 Å². The summed E-state index contributed by atoms with van der Waals surface area (Å²) in [5, 5.41) is 17.6. The van der Waals surface area contributed by atoms with Crippen LogP contribution in [0.1, 0.15) is 0 Å². The van der Waals surface area contributed by atoms with Crippen LogP contribution in [0.4, 0.5) is 13.2 Å². The minimum absolute atomic E-state index is 0.207. The first kappa shape index (κ1) is 11.8. The molecule has 0 saturated carbocycles. The quantitative estimate of drug-likeness (QED) is 0.688. The lowest BCUT2D eigenvalue weighted by atomic mass is 9.81. The summed E-state index contributed by atoms with van der Waals surface area (Å²) in [7, 11) is -1.91. The van der Waals surface area contributed by atoms with Crippen LogP contribution in [-0.2, 0) is 0 Å². The number of halogens is 3. The molecule has 0 aromatic carbocycles. The third-order valence-corrected chi connectivity index (χ3v) is 1.45. The van der Waals surface area contributed by atoms with E-state index in [1.165, 1.54) is 18.3 Å². The second kappa shape index (κ2) is 4.50. The maximum atomic E-state index is 11.8. The van der Waals surface area contributed by atoms with Gasteiger partial charge in [-0.1, -0.05) is 6.07 Å². The van der Waals surface area contributed by atoms with Crippen LogP contribution in [0.5, 0.6) is 5.88 Å². The first-order valence-electron chi connectivity index (χ1n) is 3.91. The van der Waals surface area contributed by atoms with Crippen molar-refractivity contribution in [3.8, 4) is 5.88 Å². The van der Waals surface area contributed by atoms with Gasteiger partial charge < -0.3 is 14.8 Å². The Morgan fingerprint density at radius 3 is 2.60 bits per heavy atom. The zero-order chi connectivity index (χ0) is 11.5. The SMILES string of the molecule is OB(O)c1cccnc1OCC(F)(F)F. The molecule has 0 fully saturated rings. The summed E-state index contributed by atoms with van der Waals surface area (Å²) in [5.41, 5.74) is -0.207. The normalized spacial score (nSPS) is 11.3. The number of pyridine rings is 1. The predicted molar refractivity (Wildman–Crippen MR) is 45.6 cm³/mol. The Kier molecular flexibility index (Phi) is 3.54. The number of nitrogens with zero attached hydrogens (tertiary/aromatic N) is 1. The Morgan fingerprint density at radius 2 is 2.07 bits per heavy atom. The predicted octanol–water partition coefficient (Wildman–Crippen LogP) is -0.298. The number of hydrogen-bond donors (Lipinski definition) is 2. The molecule has 1 heterocycles. The van der Waals surface area contributed by atoms with E-state index in [4.69, 9.17) is 10.0 Å². The van der Waals surface area contributed by atoms with Gasteiger partial charge in [-0.25, -0.2) is 4.98 Å². The molecule has 1 aromatic rings. The molecule has 0 spiro atoms. The summed E-state index contributed by atoms with van der Waals surface area (Å²) in [5.74, 6) is -0.440. The van der Waals surface area contributed by atoms with Crippen LogP contribution in [-0.4, -0.2) is 34.9 Å². The molecule has 2 N–H and O–H groups in total. The van der Waals surface area contributed by atoms with Gasteiger partial charge in [0.05, 0.1) is 0 Å². The Morgan fingerprint density at radius 1 is 1.40 bits per heavy atom. The van der Waals surface area contributed by atoms with Crippen molar-refractivity contribution in [1.82, 2.24) is 4.98 Å². The minimum Gasteiger partial charge on any atom is -0.468 e. The highest BCUT2D eigenvalue weighted by Gasteiger charge is 2.30. The number of rotatable bonds is 3. The number of aromatic nitrogens is 1. The van der Waals surface area contributed by atoms with Gasteiger partial charge in [-0.2, -0.15) is 13.2 Å². The highest BCUT2D eigenvalue weighted by Crippen LogP contribution is 2.15. The molecule has 1 aromatic heterocycles. The third-order valence-electron chi connectivity index (χ3n) is 1.45. The molecule has 0 atom stereocenters. The van der Waals surface area contributed by atoms with Crippen molar-refractivity contribution >= 4 is 12.6 Å². The number of alkyl halides is 3. The Labute approximate surface area is 83.5 Å². The van der Waals surface area contributed by atoms with Crippen LogP contribution in [0.25, 0.3) is 0 Å². The molecule has 0 aliphatic heterocycles. The lowest BCUT2D eigenvalue weighted by Gasteiger charge is -2.11. The van der Waals surface area contributed by atoms with Gasteiger partial charge in [0.25, 0.3) is 0 Å². The van der Waals surface area contributed by atoms with Crippen LogP contribution >= 0.6 is 0 Å². The van der Waals surface area contributed by atoms with Crippen molar-refractivity contribution in [2.75, 3.05) is 6.61 Å². The van der Waals surface area contributed by atoms with Crippen molar-refractivity contribution in [3.63, 3.8) is 0 Å². The zero-order valence-corrected chi connectivity index (χ0v) is 7.40. The average molecular weight is 221 g/mol. The van der Waals surface area contributed by atoms with Gasteiger partial charge in [-0.15, -0.1) is 0 Å². The molecule has 0 bridgehead atoms. The Balaban J connectivity index is 2.76. The van der Waals surface area contributed by atoms with Crippen LogP contribution in [0.15, 0.2) is 18.3 Å². The third kappa shape index (κ3) is 3.76. The van der Waals surface area contributed by atoms with Gasteiger partial charge in [0.15, 0.2) is 6.61 Å². The molecule has 1 rings (SSSR count). The van der Waals surface area contributed by atoms with Gasteiger partial charge in [-0.3, -0.25) is 0 Å². The minimum atomic E-state index is -4.49. The van der Waals surface area contributed by atoms with Crippen molar-refractivity contribution in [1.29, 1.82) is 0 Å². The Bertz CT molecular complexity index is 332. The summed E-state index contributed by atoms with van der Waals surface area (Å²) >= 11 is 0. The molecule has 0 amide bonds. The molecule has 0 aliphatic carbocycles. The van der Waals surface area contributed by atoms with Crippen LogP contribution in [0, 0.1) is 0 Å². The van der Waals surface area contributed by atoms with Crippen LogP contribution in [0.2, 0.25) is 0 Å². The first-order valence-corrected chi connectivity index (χ1v) is 3.91. The second-order valence-electron chi connectivity index (χ2n) is 2.68. The summed E-state index contributed by atoms with van der Waals surface area (Å²) in [6, 6.07) is 2.57. The van der Waals surface area contributed by atoms with Crippen molar-refractivity contribution in [2.24, 2.45) is 0 Å². The van der Waals surface area contributed by atoms with Gasteiger partial charge >= 0.3 is 13.3 Å². The van der Waals surface area contributed by atoms with E-state index in [0.717, 1.165) is 0 Å². The van der Waals surface area contributed by atoms with Crippen molar-refractivity contribution in [3.05, 3.63) is 18.3 Å². The maximum absolute atomic E-state index is 11.8. The smallest absolute Gasteiger partial charge is 0.468 e. The van der Waals surface area contributed by atoms with Gasteiger partial charge in [0.2, 0.25) is 5.88 Å². The van der Waals surface area contributed by atoms with Crippen LogP contribution < -0.4 is 10.2 Å². The maximum Gasteiger partial charge on any atom is 0.494 e. The molecular weight excluding hydrogens is 214 g/mol. The monoisotopic (exact) mass is 221 g/mol. The fourth-order valence-corrected chi connectivity index (χ4v) is 0.871. The molecular formula is C7H7BF3NO3. The number of hydrogen-bond acceptors (Lipinski definition) is 4. The lowest BCUT2D eigenvalue weighted by Crippen LogP contribution is -2.33. The summed E-state index contributed by atoms with van der Waals surface area (Å²) in [4.78, 5) is 3.46. The lowest BCUT2D eigenvalue weighted by molar-refractivity contribution is -0.153. The topological polar surface area (TPSA) is 62.6 Å². The summed E-state index contributed by atoms with van der Waals surface area (Å²) < 4.78 is 39.7. The Hall–Kier alpha value is -1.28. The summed E-state index contributed by atoms with van der Waals surface area (Å²) in [6.07, 6.45) is -3.30. The van der Waals surface area contributed by atoms with Gasteiger partial charge in [0, 0.05) is 11.7 Å². The van der Waals surface area contributed by atoms with E-state index in [1.54, 1.807) is 0 Å². The molecule has 15 heavy (non-hydrogen) atoms. The van der Waals surface area contributed by atoms with E-state index in [2.05, 4.69) is 9.72 Å². The van der Waals surface area contributed by atoms with Crippen LogP contribution in [0.3, 0.4) is 0 Å². The average Bonchev–Trinajstić information content (AvgIpc) is 2.14. The van der Waals surface area contributed by atoms with E-state index in [1.807, 2.05) is 0 Å². The highest BCUT2D eigenvalue weighted by atomic mass is 19.4. The van der Waals surface area contributed by atoms with Crippen molar-refractivity contribution in [2.45, 2.75) is 6.18 Å². The van der Waals surface area contributed by atoms with E-state index in [-0.39, 0.29) is 5.46 Å². The molecule has 0 saturated heterocycles. The molecule has 4 nitrogen and oxygen atoms in total. The molecule has 0 radical (unpaired) electrons. The fraction of sp³-hybridized carbons (Fsp3) is 0.286. The fourth-order valence-electron chi connectivity index (χ4n) is 0.871. The number of ether oxygens (including phenoxy) is 1. The second-order valence-corrected chi connectivity index (χ2v) is 2.68. The van der Waals surface area contributed by atoms with Gasteiger partial charge in [-0.05, 0) is 6.07 Å². The van der Waals surface area contributed by atoms with Gasteiger partial charge in [0.1, 0.15) is 0 Å². The molecule has 82 valence electrons.